The average Bonchev–Trinajstić information content (AvgIpc) is 2.46. The van der Waals surface area contributed by atoms with Gasteiger partial charge in [0.05, 0.1) is 12.0 Å². The molecule has 24 heavy (non-hydrogen) atoms. The molecular weight excluding hydrogens is 334 g/mol. The Balaban J connectivity index is 2.05. The zero-order valence-corrected chi connectivity index (χ0v) is 14.4. The molecule has 2 unspecified atom stereocenters. The molecule has 0 aromatic heterocycles. The fourth-order valence-corrected chi connectivity index (χ4v) is 2.89. The molecule has 2 N–H and O–H groups in total. The Morgan fingerprint density at radius 2 is 2.00 bits per heavy atom. The molecule has 1 aromatic carbocycles. The fourth-order valence-electron chi connectivity index (χ4n) is 2.28. The normalized spacial score (nSPS) is 19.2. The molecule has 0 saturated heterocycles. The summed E-state index contributed by atoms with van der Waals surface area (Å²) in [5, 5.41) is 6.64. The second-order valence-electron chi connectivity index (χ2n) is 5.65. The van der Waals surface area contributed by atoms with Crippen molar-refractivity contribution in [2.75, 3.05) is 11.6 Å². The van der Waals surface area contributed by atoms with Gasteiger partial charge in [0.1, 0.15) is 0 Å². The quantitative estimate of drug-likeness (QED) is 0.762. The number of amides is 2. The summed E-state index contributed by atoms with van der Waals surface area (Å²) in [6.45, 7) is 3.27. The highest BCUT2D eigenvalue weighted by molar-refractivity contribution is 7.86. The van der Waals surface area contributed by atoms with Gasteiger partial charge < -0.3 is 5.32 Å². The first-order chi connectivity index (χ1) is 11.2. The van der Waals surface area contributed by atoms with E-state index in [1.807, 2.05) is 6.92 Å². The van der Waals surface area contributed by atoms with Gasteiger partial charge in [-0.1, -0.05) is 19.1 Å². The summed E-state index contributed by atoms with van der Waals surface area (Å²) in [7, 11) is -3.70. The van der Waals surface area contributed by atoms with Crippen LogP contribution in [-0.4, -0.2) is 38.3 Å². The third-order valence-electron chi connectivity index (χ3n) is 3.40. The minimum atomic E-state index is -3.70. The Morgan fingerprint density at radius 3 is 2.54 bits per heavy atom. The largest absolute Gasteiger partial charge is 0.324 e. The molecule has 2 rings (SSSR count). The van der Waals surface area contributed by atoms with E-state index in [1.165, 1.54) is 6.92 Å². The van der Waals surface area contributed by atoms with Crippen LogP contribution in [0.4, 0.5) is 5.69 Å². The van der Waals surface area contributed by atoms with Crippen molar-refractivity contribution in [1.29, 1.82) is 0 Å². The SMILES string of the molecule is CC1CC(=O)NN=C1c1ccc(NC(=O)C(C)OS(C)(=O)=O)cc1. The van der Waals surface area contributed by atoms with E-state index < -0.39 is 22.1 Å². The Hall–Kier alpha value is -2.26. The monoisotopic (exact) mass is 353 g/mol. The molecule has 8 nitrogen and oxygen atoms in total. The van der Waals surface area contributed by atoms with E-state index in [9.17, 15) is 18.0 Å². The van der Waals surface area contributed by atoms with E-state index in [1.54, 1.807) is 24.3 Å². The summed E-state index contributed by atoms with van der Waals surface area (Å²) in [5.74, 6) is -0.679. The predicted octanol–water partition coefficient (Wildman–Crippen LogP) is 0.850. The maximum Gasteiger partial charge on any atom is 0.265 e. The van der Waals surface area contributed by atoms with Gasteiger partial charge in [-0.15, -0.1) is 0 Å². The number of carbonyl (C=O) groups excluding carboxylic acids is 2. The van der Waals surface area contributed by atoms with E-state index in [0.29, 0.717) is 12.1 Å². The molecular formula is C15H19N3O5S. The highest BCUT2D eigenvalue weighted by Gasteiger charge is 2.22. The van der Waals surface area contributed by atoms with Crippen molar-refractivity contribution in [3.63, 3.8) is 0 Å². The third-order valence-corrected chi connectivity index (χ3v) is 4.03. The first-order valence-electron chi connectivity index (χ1n) is 7.31. The number of benzene rings is 1. The molecule has 0 radical (unpaired) electrons. The Labute approximate surface area is 140 Å². The van der Waals surface area contributed by atoms with E-state index in [0.717, 1.165) is 17.5 Å². The zero-order valence-electron chi connectivity index (χ0n) is 13.6. The number of hydrazone groups is 1. The van der Waals surface area contributed by atoms with E-state index in [4.69, 9.17) is 0 Å². The maximum atomic E-state index is 11.9. The Morgan fingerprint density at radius 1 is 1.38 bits per heavy atom. The predicted molar refractivity (Wildman–Crippen MR) is 88.9 cm³/mol. The number of rotatable bonds is 5. The second kappa shape index (κ2) is 7.10. The molecule has 1 heterocycles. The van der Waals surface area contributed by atoms with E-state index in [-0.39, 0.29) is 11.8 Å². The van der Waals surface area contributed by atoms with Crippen molar-refractivity contribution >= 4 is 33.3 Å². The molecule has 2 atom stereocenters. The van der Waals surface area contributed by atoms with Gasteiger partial charge in [0.15, 0.2) is 6.10 Å². The minimum absolute atomic E-state index is 0.00220. The summed E-state index contributed by atoms with van der Waals surface area (Å²) in [6.07, 6.45) is 0.131. The number of nitrogens with zero attached hydrogens (tertiary/aromatic N) is 1. The summed E-state index contributed by atoms with van der Waals surface area (Å²) >= 11 is 0. The van der Waals surface area contributed by atoms with Gasteiger partial charge in [-0.2, -0.15) is 13.5 Å². The van der Waals surface area contributed by atoms with Crippen molar-refractivity contribution in [2.45, 2.75) is 26.4 Å². The fraction of sp³-hybridized carbons (Fsp3) is 0.400. The van der Waals surface area contributed by atoms with Crippen LogP contribution in [0.5, 0.6) is 0 Å². The van der Waals surface area contributed by atoms with Crippen LogP contribution in [0, 0.1) is 5.92 Å². The molecule has 0 saturated carbocycles. The third kappa shape index (κ3) is 4.87. The molecule has 0 bridgehead atoms. The molecule has 1 aliphatic rings. The summed E-state index contributed by atoms with van der Waals surface area (Å²) < 4.78 is 26.7. The van der Waals surface area contributed by atoms with Gasteiger partial charge in [-0.05, 0) is 24.6 Å². The highest BCUT2D eigenvalue weighted by Crippen LogP contribution is 2.18. The number of hydrogen-bond donors (Lipinski definition) is 2. The van der Waals surface area contributed by atoms with Gasteiger partial charge in [0.25, 0.3) is 16.0 Å². The number of carbonyl (C=O) groups is 2. The molecule has 1 aromatic rings. The Bertz CT molecular complexity index is 771. The molecule has 130 valence electrons. The summed E-state index contributed by atoms with van der Waals surface area (Å²) in [5.41, 5.74) is 4.55. The van der Waals surface area contributed by atoms with Crippen LogP contribution < -0.4 is 10.7 Å². The summed E-state index contributed by atoms with van der Waals surface area (Å²) in [6, 6.07) is 6.88. The maximum absolute atomic E-state index is 11.9. The lowest BCUT2D eigenvalue weighted by molar-refractivity contribution is -0.122. The molecule has 0 aliphatic carbocycles. The topological polar surface area (TPSA) is 114 Å². The molecule has 0 spiro atoms. The number of nitrogens with one attached hydrogen (secondary N) is 2. The summed E-state index contributed by atoms with van der Waals surface area (Å²) in [4.78, 5) is 23.2. The van der Waals surface area contributed by atoms with Gasteiger partial charge >= 0.3 is 0 Å². The van der Waals surface area contributed by atoms with Gasteiger partial charge in [0.2, 0.25) is 5.91 Å². The molecule has 2 amide bonds. The highest BCUT2D eigenvalue weighted by atomic mass is 32.2. The van der Waals surface area contributed by atoms with Crippen LogP contribution in [0.2, 0.25) is 0 Å². The van der Waals surface area contributed by atoms with Crippen molar-refractivity contribution in [3.05, 3.63) is 29.8 Å². The van der Waals surface area contributed by atoms with Crippen LogP contribution in [-0.2, 0) is 23.9 Å². The van der Waals surface area contributed by atoms with Crippen LogP contribution in [0.15, 0.2) is 29.4 Å². The van der Waals surface area contributed by atoms with Crippen LogP contribution in [0.3, 0.4) is 0 Å². The van der Waals surface area contributed by atoms with Gasteiger partial charge in [0, 0.05) is 18.0 Å². The van der Waals surface area contributed by atoms with Crippen LogP contribution in [0.25, 0.3) is 0 Å². The lowest BCUT2D eigenvalue weighted by Gasteiger charge is -2.19. The average molecular weight is 353 g/mol. The van der Waals surface area contributed by atoms with Crippen molar-refractivity contribution < 1.29 is 22.2 Å². The smallest absolute Gasteiger partial charge is 0.265 e. The lowest BCUT2D eigenvalue weighted by atomic mass is 9.94. The molecule has 9 heteroatoms. The van der Waals surface area contributed by atoms with Crippen LogP contribution >= 0.6 is 0 Å². The van der Waals surface area contributed by atoms with Crippen molar-refractivity contribution in [1.82, 2.24) is 5.43 Å². The molecule has 1 aliphatic heterocycles. The number of anilines is 1. The van der Waals surface area contributed by atoms with Crippen LogP contribution in [0.1, 0.15) is 25.8 Å². The standard InChI is InChI=1S/C15H19N3O5S/c1-9-8-13(19)17-18-14(9)11-4-6-12(7-5-11)16-15(20)10(2)23-24(3,21)22/h4-7,9-10H,8H2,1-3H3,(H,16,20)(H,17,19). The first-order valence-corrected chi connectivity index (χ1v) is 9.13. The minimum Gasteiger partial charge on any atom is -0.324 e. The van der Waals surface area contributed by atoms with Crippen molar-refractivity contribution in [3.8, 4) is 0 Å². The zero-order chi connectivity index (χ0) is 17.9. The number of hydrogen-bond acceptors (Lipinski definition) is 6. The molecule has 0 fully saturated rings. The first kappa shape index (κ1) is 18.1. The van der Waals surface area contributed by atoms with Gasteiger partial charge in [-0.25, -0.2) is 5.43 Å². The van der Waals surface area contributed by atoms with Gasteiger partial charge in [-0.3, -0.25) is 13.8 Å². The second-order valence-corrected chi connectivity index (χ2v) is 7.25. The van der Waals surface area contributed by atoms with E-state index >= 15 is 0 Å². The van der Waals surface area contributed by atoms with E-state index in [2.05, 4.69) is 20.0 Å². The Kier molecular flexibility index (Phi) is 5.35. The lowest BCUT2D eigenvalue weighted by Crippen LogP contribution is -2.32. The van der Waals surface area contributed by atoms with Crippen molar-refractivity contribution in [2.24, 2.45) is 11.0 Å².